The predicted octanol–water partition coefficient (Wildman–Crippen LogP) is 3.12. The third-order valence-electron chi connectivity index (χ3n) is 3.08. The van der Waals surface area contributed by atoms with Gasteiger partial charge in [0.1, 0.15) is 17.2 Å². The Morgan fingerprint density at radius 3 is 2.62 bits per heavy atom. The lowest BCUT2D eigenvalue weighted by molar-refractivity contribution is 0.0945. The van der Waals surface area contributed by atoms with Crippen LogP contribution in [0.4, 0.5) is 8.78 Å². The van der Waals surface area contributed by atoms with Crippen LogP contribution in [-0.4, -0.2) is 22.6 Å². The lowest BCUT2D eigenvalue weighted by Gasteiger charge is -2.07. The van der Waals surface area contributed by atoms with Crippen molar-refractivity contribution in [1.29, 1.82) is 0 Å². The quantitative estimate of drug-likeness (QED) is 0.807. The first kappa shape index (κ1) is 15.6. The Morgan fingerprint density at radius 1 is 1.38 bits per heavy atom. The van der Waals surface area contributed by atoms with Gasteiger partial charge in [-0.05, 0) is 37.5 Å². The Balaban J connectivity index is 1.89. The van der Waals surface area contributed by atoms with Crippen LogP contribution in [0.3, 0.4) is 0 Å². The normalized spacial score (nSPS) is 10.7. The molecule has 0 spiro atoms. The van der Waals surface area contributed by atoms with Crippen LogP contribution in [-0.2, 0) is 6.42 Å². The number of nitrogens with zero attached hydrogens (tertiary/aromatic N) is 1. The molecule has 1 heterocycles. The molecular weight excluding hydrogens is 344 g/mol. The fourth-order valence-electron chi connectivity index (χ4n) is 1.96. The van der Waals surface area contributed by atoms with Gasteiger partial charge >= 0.3 is 0 Å². The highest BCUT2D eigenvalue weighted by molar-refractivity contribution is 9.10. The van der Waals surface area contributed by atoms with E-state index in [4.69, 9.17) is 0 Å². The van der Waals surface area contributed by atoms with Crippen LogP contribution < -0.4 is 5.32 Å². The Labute approximate surface area is 129 Å². The average molecular weight is 358 g/mol. The first-order valence-corrected chi connectivity index (χ1v) is 7.20. The van der Waals surface area contributed by atoms with Crippen molar-refractivity contribution >= 4 is 21.8 Å². The number of carbonyl (C=O) groups is 1. The van der Waals surface area contributed by atoms with Crippen LogP contribution in [0.5, 0.6) is 0 Å². The Kier molecular flexibility index (Phi) is 5.06. The second-order valence-electron chi connectivity index (χ2n) is 4.62. The van der Waals surface area contributed by atoms with Crippen LogP contribution in [0, 0.1) is 18.6 Å². The highest BCUT2D eigenvalue weighted by atomic mass is 79.9. The average Bonchev–Trinajstić information content (AvgIpc) is 2.79. The number of halogens is 3. The van der Waals surface area contributed by atoms with Crippen LogP contribution in [0.25, 0.3) is 0 Å². The van der Waals surface area contributed by atoms with Gasteiger partial charge in [0.25, 0.3) is 5.91 Å². The Bertz CT molecular complexity index is 634. The smallest absolute Gasteiger partial charge is 0.257 e. The maximum atomic E-state index is 13.6. The topological polar surface area (TPSA) is 57.8 Å². The van der Waals surface area contributed by atoms with Crippen molar-refractivity contribution < 1.29 is 13.6 Å². The van der Waals surface area contributed by atoms with Crippen molar-refractivity contribution in [2.24, 2.45) is 0 Å². The maximum absolute atomic E-state index is 13.6. The van der Waals surface area contributed by atoms with E-state index in [2.05, 4.69) is 31.4 Å². The third-order valence-corrected chi connectivity index (χ3v) is 3.53. The van der Waals surface area contributed by atoms with E-state index in [1.807, 2.05) is 6.92 Å². The van der Waals surface area contributed by atoms with E-state index >= 15 is 0 Å². The summed E-state index contributed by atoms with van der Waals surface area (Å²) in [6.45, 7) is 2.24. The molecule has 2 N–H and O–H groups in total. The molecule has 0 fully saturated rings. The fraction of sp³-hybridized carbons (Fsp3) is 0.286. The minimum Gasteiger partial charge on any atom is -0.352 e. The van der Waals surface area contributed by atoms with Crippen molar-refractivity contribution in [2.45, 2.75) is 19.8 Å². The van der Waals surface area contributed by atoms with Crippen LogP contribution in [0.2, 0.25) is 0 Å². The van der Waals surface area contributed by atoms with E-state index in [1.165, 1.54) is 0 Å². The lowest BCUT2D eigenvalue weighted by atomic mass is 10.1. The first-order valence-electron chi connectivity index (χ1n) is 6.40. The van der Waals surface area contributed by atoms with Gasteiger partial charge in [-0.2, -0.15) is 5.10 Å². The zero-order valence-electron chi connectivity index (χ0n) is 11.3. The number of aromatic amines is 1. The third kappa shape index (κ3) is 3.87. The molecule has 0 bridgehead atoms. The summed E-state index contributed by atoms with van der Waals surface area (Å²) in [6.07, 6.45) is 3.12. The highest BCUT2D eigenvalue weighted by Gasteiger charge is 2.17. The molecule has 0 radical (unpaired) electrons. The van der Waals surface area contributed by atoms with Gasteiger partial charge in [0, 0.05) is 16.7 Å². The van der Waals surface area contributed by atoms with Crippen LogP contribution >= 0.6 is 15.9 Å². The van der Waals surface area contributed by atoms with Gasteiger partial charge in [-0.1, -0.05) is 15.9 Å². The predicted molar refractivity (Wildman–Crippen MR) is 78.0 cm³/mol. The SMILES string of the molecule is Cc1[nH]ncc1CCCNC(=O)c1c(F)cc(Br)cc1F. The summed E-state index contributed by atoms with van der Waals surface area (Å²) in [5, 5.41) is 9.24. The van der Waals surface area contributed by atoms with Crippen molar-refractivity contribution in [1.82, 2.24) is 15.5 Å². The van der Waals surface area contributed by atoms with E-state index in [0.29, 0.717) is 13.0 Å². The van der Waals surface area contributed by atoms with Crippen LogP contribution in [0.1, 0.15) is 28.0 Å². The van der Waals surface area contributed by atoms with Gasteiger partial charge in [0.05, 0.1) is 6.20 Å². The van der Waals surface area contributed by atoms with Gasteiger partial charge in [-0.3, -0.25) is 9.89 Å². The summed E-state index contributed by atoms with van der Waals surface area (Å²) in [7, 11) is 0. The van der Waals surface area contributed by atoms with Gasteiger partial charge < -0.3 is 5.32 Å². The molecule has 1 amide bonds. The van der Waals surface area contributed by atoms with Crippen molar-refractivity contribution in [3.05, 3.63) is 51.3 Å². The number of rotatable bonds is 5. The molecule has 112 valence electrons. The molecule has 0 aliphatic heterocycles. The molecule has 0 aliphatic carbocycles. The lowest BCUT2D eigenvalue weighted by Crippen LogP contribution is -2.26. The van der Waals surface area contributed by atoms with E-state index in [1.54, 1.807) is 6.20 Å². The summed E-state index contributed by atoms with van der Waals surface area (Å²) in [6, 6.07) is 2.12. The number of hydrogen-bond acceptors (Lipinski definition) is 2. The number of amides is 1. The molecule has 0 unspecified atom stereocenters. The van der Waals surface area contributed by atoms with Crippen molar-refractivity contribution in [3.63, 3.8) is 0 Å². The summed E-state index contributed by atoms with van der Waals surface area (Å²) in [5.74, 6) is -2.52. The molecule has 0 saturated heterocycles. The largest absolute Gasteiger partial charge is 0.352 e. The number of aromatic nitrogens is 2. The molecule has 1 aromatic heterocycles. The minimum absolute atomic E-state index is 0.254. The van der Waals surface area contributed by atoms with Crippen molar-refractivity contribution in [3.8, 4) is 0 Å². The van der Waals surface area contributed by atoms with E-state index in [0.717, 1.165) is 29.8 Å². The molecule has 7 heteroatoms. The van der Waals surface area contributed by atoms with E-state index in [-0.39, 0.29) is 4.47 Å². The van der Waals surface area contributed by atoms with Crippen molar-refractivity contribution in [2.75, 3.05) is 6.54 Å². The molecule has 2 aromatic rings. The zero-order valence-corrected chi connectivity index (χ0v) is 12.9. The molecule has 0 saturated carbocycles. The summed E-state index contributed by atoms with van der Waals surface area (Å²) in [5.41, 5.74) is 1.48. The molecule has 21 heavy (non-hydrogen) atoms. The molecule has 1 aromatic carbocycles. The molecule has 0 atom stereocenters. The maximum Gasteiger partial charge on any atom is 0.257 e. The monoisotopic (exact) mass is 357 g/mol. The summed E-state index contributed by atoms with van der Waals surface area (Å²) >= 11 is 2.97. The fourth-order valence-corrected chi connectivity index (χ4v) is 2.36. The van der Waals surface area contributed by atoms with Gasteiger partial charge in [-0.25, -0.2) is 8.78 Å². The number of aryl methyl sites for hydroxylation is 2. The highest BCUT2D eigenvalue weighted by Crippen LogP contribution is 2.19. The van der Waals surface area contributed by atoms with Crippen LogP contribution in [0.15, 0.2) is 22.8 Å². The number of H-pyrrole nitrogens is 1. The first-order chi connectivity index (χ1) is 9.99. The van der Waals surface area contributed by atoms with E-state index < -0.39 is 23.1 Å². The number of hydrogen-bond donors (Lipinski definition) is 2. The van der Waals surface area contributed by atoms with E-state index in [9.17, 15) is 13.6 Å². The Morgan fingerprint density at radius 2 is 2.05 bits per heavy atom. The molecular formula is C14H14BrF2N3O. The number of nitrogens with one attached hydrogen (secondary N) is 2. The second kappa shape index (κ2) is 6.80. The standard InChI is InChI=1S/C14H14BrF2N3O/c1-8-9(7-19-20-8)3-2-4-18-14(21)13-11(16)5-10(15)6-12(13)17/h5-7H,2-4H2,1H3,(H,18,21)(H,19,20). The molecule has 4 nitrogen and oxygen atoms in total. The number of benzene rings is 1. The summed E-state index contributed by atoms with van der Waals surface area (Å²) in [4.78, 5) is 11.8. The zero-order chi connectivity index (χ0) is 15.4. The number of carbonyl (C=O) groups excluding carboxylic acids is 1. The summed E-state index contributed by atoms with van der Waals surface area (Å²) < 4.78 is 27.5. The van der Waals surface area contributed by atoms with Gasteiger partial charge in [0.2, 0.25) is 0 Å². The second-order valence-corrected chi connectivity index (χ2v) is 5.54. The Hall–Kier alpha value is -1.76. The molecule has 2 rings (SSSR count). The van der Waals surface area contributed by atoms with Gasteiger partial charge in [-0.15, -0.1) is 0 Å². The van der Waals surface area contributed by atoms with Gasteiger partial charge in [0.15, 0.2) is 0 Å². The minimum atomic E-state index is -0.884. The molecule has 0 aliphatic rings.